The Hall–Kier alpha value is -1.10. The summed E-state index contributed by atoms with van der Waals surface area (Å²) in [7, 11) is 2.18. The minimum atomic E-state index is 0.498. The van der Waals surface area contributed by atoms with E-state index in [0.717, 1.165) is 51.5 Å². The number of nitrogens with one attached hydrogen (secondary N) is 1. The maximum absolute atomic E-state index is 5.91. The van der Waals surface area contributed by atoms with Crippen LogP contribution in [0.5, 0.6) is 5.75 Å². The van der Waals surface area contributed by atoms with E-state index >= 15 is 0 Å². The molecule has 0 saturated carbocycles. The molecule has 0 radical (unpaired) electrons. The summed E-state index contributed by atoms with van der Waals surface area (Å²) in [5.74, 6) is 0.962. The summed E-state index contributed by atoms with van der Waals surface area (Å²) in [5, 5.41) is 3.43. The first-order valence-electron chi connectivity index (χ1n) is 8.38. The van der Waals surface area contributed by atoms with Gasteiger partial charge in [-0.15, -0.1) is 0 Å². The van der Waals surface area contributed by atoms with Gasteiger partial charge in [0.05, 0.1) is 0 Å². The molecular weight excluding hydrogens is 276 g/mol. The van der Waals surface area contributed by atoms with Crippen molar-refractivity contribution in [3.63, 3.8) is 0 Å². The number of hydrogen-bond donors (Lipinski definition) is 1. The Balaban J connectivity index is 1.72. The molecule has 22 heavy (non-hydrogen) atoms. The Kier molecular flexibility index (Phi) is 7.16. The second-order valence-corrected chi connectivity index (χ2v) is 6.36. The topological polar surface area (TPSA) is 33.7 Å². The van der Waals surface area contributed by atoms with Crippen molar-refractivity contribution in [3.8, 4) is 5.75 Å². The molecule has 0 bridgehead atoms. The molecule has 1 aromatic carbocycles. The van der Waals surface area contributed by atoms with E-state index in [4.69, 9.17) is 9.47 Å². The van der Waals surface area contributed by atoms with Gasteiger partial charge in [-0.25, -0.2) is 0 Å². The zero-order chi connectivity index (χ0) is 15.8. The second-order valence-electron chi connectivity index (χ2n) is 6.36. The number of benzene rings is 1. The van der Waals surface area contributed by atoms with Crippen LogP contribution in [0.4, 0.5) is 0 Å². The highest BCUT2D eigenvalue weighted by molar-refractivity contribution is 5.28. The van der Waals surface area contributed by atoms with Crippen LogP contribution in [0, 0.1) is 0 Å². The molecule has 4 heteroatoms. The molecule has 1 aliphatic rings. The normalized spacial score (nSPS) is 16.4. The minimum absolute atomic E-state index is 0.498. The fourth-order valence-electron chi connectivity index (χ4n) is 2.68. The smallest absolute Gasteiger partial charge is 0.119 e. The minimum Gasteiger partial charge on any atom is -0.492 e. The van der Waals surface area contributed by atoms with Gasteiger partial charge < -0.3 is 14.8 Å². The summed E-state index contributed by atoms with van der Waals surface area (Å²) in [6.07, 6.45) is 2.26. The molecule has 124 valence electrons. The molecule has 0 amide bonds. The molecule has 4 nitrogen and oxygen atoms in total. The van der Waals surface area contributed by atoms with E-state index in [1.165, 1.54) is 5.56 Å². The first-order chi connectivity index (χ1) is 10.6. The van der Waals surface area contributed by atoms with Crippen molar-refractivity contribution in [1.82, 2.24) is 10.2 Å². The van der Waals surface area contributed by atoms with E-state index in [1.807, 2.05) is 6.07 Å². The monoisotopic (exact) mass is 306 g/mol. The third-order valence-corrected chi connectivity index (χ3v) is 4.14. The van der Waals surface area contributed by atoms with Gasteiger partial charge in [-0.05, 0) is 37.6 Å². The molecule has 1 N–H and O–H groups in total. The van der Waals surface area contributed by atoms with Crippen LogP contribution in [0.3, 0.4) is 0 Å². The van der Waals surface area contributed by atoms with E-state index < -0.39 is 0 Å². The Morgan fingerprint density at radius 3 is 2.82 bits per heavy atom. The number of rotatable bonds is 8. The Labute approximate surface area is 134 Å². The van der Waals surface area contributed by atoms with Crippen molar-refractivity contribution in [1.29, 1.82) is 0 Å². The maximum Gasteiger partial charge on any atom is 0.119 e. The largest absolute Gasteiger partial charge is 0.492 e. The molecule has 0 atom stereocenters. The van der Waals surface area contributed by atoms with Crippen molar-refractivity contribution in [2.45, 2.75) is 45.3 Å². The molecule has 0 aliphatic carbocycles. The van der Waals surface area contributed by atoms with E-state index in [9.17, 15) is 0 Å². The lowest BCUT2D eigenvalue weighted by atomic mass is 10.1. The molecule has 1 fully saturated rings. The van der Waals surface area contributed by atoms with Gasteiger partial charge >= 0.3 is 0 Å². The van der Waals surface area contributed by atoms with Gasteiger partial charge in [0.1, 0.15) is 12.4 Å². The summed E-state index contributed by atoms with van der Waals surface area (Å²) >= 11 is 0. The van der Waals surface area contributed by atoms with Crippen LogP contribution >= 0.6 is 0 Å². The average Bonchev–Trinajstić information content (AvgIpc) is 2.54. The highest BCUT2D eigenvalue weighted by Gasteiger charge is 2.17. The summed E-state index contributed by atoms with van der Waals surface area (Å²) in [6.45, 7) is 8.67. The molecule has 0 aromatic heterocycles. The quantitative estimate of drug-likeness (QED) is 0.800. The SMILES string of the molecule is CC(C)NCc1cccc(OCCN(C)C2CCOCC2)c1. The molecule has 2 rings (SSSR count). The van der Waals surface area contributed by atoms with Crippen LogP contribution in [-0.2, 0) is 11.3 Å². The van der Waals surface area contributed by atoms with Gasteiger partial charge in [0, 0.05) is 38.4 Å². The molecular formula is C18H30N2O2. The zero-order valence-electron chi connectivity index (χ0n) is 14.2. The Bertz CT molecular complexity index is 431. The molecule has 0 spiro atoms. The molecule has 1 aliphatic heterocycles. The predicted molar refractivity (Wildman–Crippen MR) is 90.4 cm³/mol. The fraction of sp³-hybridized carbons (Fsp3) is 0.667. The van der Waals surface area contributed by atoms with Crippen molar-refractivity contribution in [2.75, 3.05) is 33.4 Å². The van der Waals surface area contributed by atoms with Crippen LogP contribution < -0.4 is 10.1 Å². The van der Waals surface area contributed by atoms with Crippen molar-refractivity contribution in [2.24, 2.45) is 0 Å². The van der Waals surface area contributed by atoms with Crippen LogP contribution in [0.15, 0.2) is 24.3 Å². The lowest BCUT2D eigenvalue weighted by Gasteiger charge is -2.31. The first-order valence-corrected chi connectivity index (χ1v) is 8.38. The van der Waals surface area contributed by atoms with E-state index in [0.29, 0.717) is 12.1 Å². The van der Waals surface area contributed by atoms with Crippen molar-refractivity contribution >= 4 is 0 Å². The molecule has 1 heterocycles. The van der Waals surface area contributed by atoms with Gasteiger partial charge in [-0.1, -0.05) is 26.0 Å². The number of ether oxygens (including phenoxy) is 2. The third kappa shape index (κ3) is 5.95. The van der Waals surface area contributed by atoms with E-state index in [-0.39, 0.29) is 0 Å². The highest BCUT2D eigenvalue weighted by atomic mass is 16.5. The first kappa shape index (κ1) is 17.3. The van der Waals surface area contributed by atoms with Gasteiger partial charge in [0.15, 0.2) is 0 Å². The Morgan fingerprint density at radius 1 is 1.32 bits per heavy atom. The average molecular weight is 306 g/mol. The lowest BCUT2D eigenvalue weighted by Crippen LogP contribution is -2.38. The number of hydrogen-bond acceptors (Lipinski definition) is 4. The summed E-state index contributed by atoms with van der Waals surface area (Å²) in [6, 6.07) is 9.50. The summed E-state index contributed by atoms with van der Waals surface area (Å²) in [5.41, 5.74) is 1.27. The summed E-state index contributed by atoms with van der Waals surface area (Å²) in [4.78, 5) is 2.40. The fourth-order valence-corrected chi connectivity index (χ4v) is 2.68. The van der Waals surface area contributed by atoms with Crippen molar-refractivity contribution in [3.05, 3.63) is 29.8 Å². The predicted octanol–water partition coefficient (Wildman–Crippen LogP) is 2.67. The maximum atomic E-state index is 5.91. The third-order valence-electron chi connectivity index (χ3n) is 4.14. The van der Waals surface area contributed by atoms with Gasteiger partial charge in [0.2, 0.25) is 0 Å². The standard InChI is InChI=1S/C18H30N2O2/c1-15(2)19-14-16-5-4-6-18(13-16)22-12-9-20(3)17-7-10-21-11-8-17/h4-6,13,15,17,19H,7-12,14H2,1-3H3. The molecule has 1 saturated heterocycles. The van der Waals surface area contributed by atoms with Crippen LogP contribution in [0.2, 0.25) is 0 Å². The van der Waals surface area contributed by atoms with E-state index in [2.05, 4.69) is 49.3 Å². The second kappa shape index (κ2) is 9.13. The van der Waals surface area contributed by atoms with Gasteiger partial charge in [-0.3, -0.25) is 4.90 Å². The zero-order valence-corrected chi connectivity index (χ0v) is 14.2. The van der Waals surface area contributed by atoms with Gasteiger partial charge in [-0.2, -0.15) is 0 Å². The number of likely N-dealkylation sites (N-methyl/N-ethyl adjacent to an activating group) is 1. The summed E-state index contributed by atoms with van der Waals surface area (Å²) < 4.78 is 11.3. The van der Waals surface area contributed by atoms with Crippen molar-refractivity contribution < 1.29 is 9.47 Å². The lowest BCUT2D eigenvalue weighted by molar-refractivity contribution is 0.0392. The van der Waals surface area contributed by atoms with Crippen LogP contribution in [0.1, 0.15) is 32.3 Å². The molecule has 0 unspecified atom stereocenters. The van der Waals surface area contributed by atoms with E-state index in [1.54, 1.807) is 0 Å². The Morgan fingerprint density at radius 2 is 2.09 bits per heavy atom. The molecule has 1 aromatic rings. The highest BCUT2D eigenvalue weighted by Crippen LogP contribution is 2.15. The van der Waals surface area contributed by atoms with Crippen LogP contribution in [-0.4, -0.2) is 50.4 Å². The van der Waals surface area contributed by atoms with Gasteiger partial charge in [0.25, 0.3) is 0 Å². The number of nitrogens with zero attached hydrogens (tertiary/aromatic N) is 1. The van der Waals surface area contributed by atoms with Crippen LogP contribution in [0.25, 0.3) is 0 Å².